The largest absolute Gasteiger partial charge is 0.356 e. The van der Waals surface area contributed by atoms with Crippen LogP contribution in [0.2, 0.25) is 0 Å². The van der Waals surface area contributed by atoms with Crippen molar-refractivity contribution in [2.75, 3.05) is 12.3 Å². The molecular formula is C19H18FN5OS2. The SMILES string of the molecule is Cc1cc2c(SCCC(=O)NCCc3nc4ccc(F)cc4[nH]3)ncnc2s1. The summed E-state index contributed by atoms with van der Waals surface area (Å²) in [6, 6.07) is 6.52. The summed E-state index contributed by atoms with van der Waals surface area (Å²) in [6.07, 6.45) is 2.54. The average Bonchev–Trinajstić information content (AvgIpc) is 3.23. The number of hydrogen-bond donors (Lipinski definition) is 2. The van der Waals surface area contributed by atoms with Gasteiger partial charge in [0.2, 0.25) is 5.91 Å². The minimum Gasteiger partial charge on any atom is -0.356 e. The molecule has 1 aromatic carbocycles. The molecule has 0 aliphatic rings. The minimum atomic E-state index is -0.299. The number of thioether (sulfide) groups is 1. The fourth-order valence-corrected chi connectivity index (χ4v) is 4.70. The van der Waals surface area contributed by atoms with Gasteiger partial charge in [-0.15, -0.1) is 23.1 Å². The molecule has 3 heterocycles. The molecule has 0 unspecified atom stereocenters. The Morgan fingerprint density at radius 2 is 2.21 bits per heavy atom. The number of nitrogens with zero attached hydrogens (tertiary/aromatic N) is 3. The zero-order valence-electron chi connectivity index (χ0n) is 15.2. The van der Waals surface area contributed by atoms with Gasteiger partial charge in [0.05, 0.1) is 11.0 Å². The number of fused-ring (bicyclic) bond motifs is 2. The highest BCUT2D eigenvalue weighted by molar-refractivity contribution is 7.99. The molecular weight excluding hydrogens is 397 g/mol. The standard InChI is InChI=1S/C19H18FN5OS2/c1-11-8-13-18(22-10-23-19(13)28-11)27-7-5-17(26)21-6-4-16-24-14-3-2-12(20)9-15(14)25-16/h2-3,8-10H,4-7H2,1H3,(H,21,26)(H,24,25). The maximum absolute atomic E-state index is 13.2. The lowest BCUT2D eigenvalue weighted by molar-refractivity contribution is -0.120. The molecule has 3 aromatic heterocycles. The highest BCUT2D eigenvalue weighted by Crippen LogP contribution is 2.30. The number of halogens is 1. The lowest BCUT2D eigenvalue weighted by atomic mass is 10.3. The molecule has 0 saturated heterocycles. The third-order valence-electron chi connectivity index (χ3n) is 4.16. The topological polar surface area (TPSA) is 83.6 Å². The Morgan fingerprint density at radius 3 is 3.11 bits per heavy atom. The van der Waals surface area contributed by atoms with E-state index < -0.39 is 0 Å². The van der Waals surface area contributed by atoms with Gasteiger partial charge in [-0.1, -0.05) is 0 Å². The maximum atomic E-state index is 13.2. The van der Waals surface area contributed by atoms with Crippen LogP contribution in [-0.2, 0) is 11.2 Å². The van der Waals surface area contributed by atoms with Gasteiger partial charge in [0.25, 0.3) is 0 Å². The number of benzene rings is 1. The van der Waals surface area contributed by atoms with Gasteiger partial charge >= 0.3 is 0 Å². The first-order valence-electron chi connectivity index (χ1n) is 8.83. The number of carbonyl (C=O) groups is 1. The average molecular weight is 416 g/mol. The predicted octanol–water partition coefficient (Wildman–Crippen LogP) is 3.86. The second kappa shape index (κ2) is 8.24. The first-order chi connectivity index (χ1) is 13.6. The van der Waals surface area contributed by atoms with Crippen molar-refractivity contribution in [2.24, 2.45) is 0 Å². The fraction of sp³-hybridized carbons (Fsp3) is 0.263. The smallest absolute Gasteiger partial charge is 0.220 e. The fourth-order valence-electron chi connectivity index (χ4n) is 2.87. The summed E-state index contributed by atoms with van der Waals surface area (Å²) in [5, 5.41) is 4.86. The summed E-state index contributed by atoms with van der Waals surface area (Å²) in [5.74, 6) is 1.07. The molecule has 144 valence electrons. The van der Waals surface area contributed by atoms with Crippen LogP contribution >= 0.6 is 23.1 Å². The molecule has 0 bridgehead atoms. The Kier molecular flexibility index (Phi) is 5.54. The van der Waals surface area contributed by atoms with Crippen LogP contribution < -0.4 is 5.32 Å². The Hall–Kier alpha value is -2.52. The molecule has 4 rings (SSSR count). The summed E-state index contributed by atoms with van der Waals surface area (Å²) >= 11 is 3.21. The number of imidazole rings is 1. The summed E-state index contributed by atoms with van der Waals surface area (Å²) in [7, 11) is 0. The van der Waals surface area contributed by atoms with Crippen molar-refractivity contribution >= 4 is 50.3 Å². The number of aryl methyl sites for hydroxylation is 1. The van der Waals surface area contributed by atoms with E-state index >= 15 is 0 Å². The number of thiophene rings is 1. The molecule has 6 nitrogen and oxygen atoms in total. The Labute approximate surface area is 169 Å². The summed E-state index contributed by atoms with van der Waals surface area (Å²) in [4.78, 5) is 30.3. The van der Waals surface area contributed by atoms with Gasteiger partial charge in [-0.05, 0) is 31.2 Å². The van der Waals surface area contributed by atoms with Crippen LogP contribution in [0, 0.1) is 12.7 Å². The van der Waals surface area contributed by atoms with Crippen molar-refractivity contribution in [1.29, 1.82) is 0 Å². The van der Waals surface area contributed by atoms with Crippen molar-refractivity contribution in [3.63, 3.8) is 0 Å². The summed E-state index contributed by atoms with van der Waals surface area (Å²) in [5.41, 5.74) is 1.39. The lowest BCUT2D eigenvalue weighted by Crippen LogP contribution is -2.26. The molecule has 9 heteroatoms. The van der Waals surface area contributed by atoms with Crippen molar-refractivity contribution in [3.05, 3.63) is 47.1 Å². The van der Waals surface area contributed by atoms with Crippen LogP contribution in [-0.4, -0.2) is 38.1 Å². The Bertz CT molecular complexity index is 1140. The number of rotatable bonds is 7. The zero-order valence-corrected chi connectivity index (χ0v) is 16.8. The normalized spacial score (nSPS) is 11.4. The van der Waals surface area contributed by atoms with Crippen LogP contribution in [0.5, 0.6) is 0 Å². The van der Waals surface area contributed by atoms with Crippen molar-refractivity contribution in [2.45, 2.75) is 24.8 Å². The number of amides is 1. The molecule has 0 spiro atoms. The third kappa shape index (κ3) is 4.31. The second-order valence-corrected chi connectivity index (χ2v) is 8.62. The van der Waals surface area contributed by atoms with E-state index in [1.807, 2.05) is 6.92 Å². The first kappa shape index (κ1) is 18.8. The van der Waals surface area contributed by atoms with Crippen LogP contribution in [0.15, 0.2) is 35.6 Å². The van der Waals surface area contributed by atoms with E-state index in [9.17, 15) is 9.18 Å². The number of aromatic amines is 1. The number of nitrogens with one attached hydrogen (secondary N) is 2. The van der Waals surface area contributed by atoms with E-state index in [4.69, 9.17) is 0 Å². The lowest BCUT2D eigenvalue weighted by Gasteiger charge is -2.04. The number of hydrogen-bond acceptors (Lipinski definition) is 6. The van der Waals surface area contributed by atoms with E-state index in [1.54, 1.807) is 35.5 Å². The van der Waals surface area contributed by atoms with E-state index in [0.29, 0.717) is 30.7 Å². The van der Waals surface area contributed by atoms with Crippen molar-refractivity contribution in [1.82, 2.24) is 25.3 Å². The highest BCUT2D eigenvalue weighted by atomic mass is 32.2. The first-order valence-corrected chi connectivity index (χ1v) is 10.6. The number of carbonyl (C=O) groups excluding carboxylic acids is 1. The molecule has 2 N–H and O–H groups in total. The van der Waals surface area contributed by atoms with Gasteiger partial charge in [0, 0.05) is 35.4 Å². The minimum absolute atomic E-state index is 0.0125. The zero-order chi connectivity index (χ0) is 19.5. The molecule has 0 radical (unpaired) electrons. The van der Waals surface area contributed by atoms with Gasteiger partial charge in [-0.2, -0.15) is 0 Å². The van der Waals surface area contributed by atoms with E-state index in [1.165, 1.54) is 17.0 Å². The van der Waals surface area contributed by atoms with Gasteiger partial charge < -0.3 is 10.3 Å². The van der Waals surface area contributed by atoms with Crippen LogP contribution in [0.1, 0.15) is 17.1 Å². The molecule has 0 saturated carbocycles. The van der Waals surface area contributed by atoms with Crippen LogP contribution in [0.3, 0.4) is 0 Å². The molecule has 1 amide bonds. The molecule has 28 heavy (non-hydrogen) atoms. The molecule has 0 aliphatic carbocycles. The number of aromatic nitrogens is 4. The summed E-state index contributed by atoms with van der Waals surface area (Å²) in [6.45, 7) is 2.53. The third-order valence-corrected chi connectivity index (χ3v) is 6.13. The van der Waals surface area contributed by atoms with Crippen molar-refractivity contribution in [3.8, 4) is 0 Å². The van der Waals surface area contributed by atoms with E-state index in [0.717, 1.165) is 26.6 Å². The summed E-state index contributed by atoms with van der Waals surface area (Å²) < 4.78 is 13.2. The van der Waals surface area contributed by atoms with E-state index in [-0.39, 0.29) is 11.7 Å². The van der Waals surface area contributed by atoms with E-state index in [2.05, 4.69) is 31.3 Å². The monoisotopic (exact) mass is 415 g/mol. The van der Waals surface area contributed by atoms with Gasteiger partial charge in [-0.3, -0.25) is 4.79 Å². The van der Waals surface area contributed by atoms with Gasteiger partial charge in [0.15, 0.2) is 0 Å². The second-order valence-electron chi connectivity index (χ2n) is 6.30. The van der Waals surface area contributed by atoms with Gasteiger partial charge in [-0.25, -0.2) is 19.3 Å². The number of H-pyrrole nitrogens is 1. The molecule has 0 atom stereocenters. The van der Waals surface area contributed by atoms with Crippen molar-refractivity contribution < 1.29 is 9.18 Å². The maximum Gasteiger partial charge on any atom is 0.220 e. The Balaban J connectivity index is 1.24. The molecule has 0 fully saturated rings. The quantitative estimate of drug-likeness (QED) is 0.354. The molecule has 4 aromatic rings. The van der Waals surface area contributed by atoms with Crippen LogP contribution in [0.25, 0.3) is 21.3 Å². The highest BCUT2D eigenvalue weighted by Gasteiger charge is 2.09. The molecule has 0 aliphatic heterocycles. The van der Waals surface area contributed by atoms with Crippen LogP contribution in [0.4, 0.5) is 4.39 Å². The Morgan fingerprint density at radius 1 is 1.32 bits per heavy atom. The predicted molar refractivity (Wildman–Crippen MR) is 110 cm³/mol. The van der Waals surface area contributed by atoms with Gasteiger partial charge in [0.1, 0.15) is 27.8 Å².